The number of unbranched alkanes of at least 4 members (excludes halogenated alkanes) is 2. The van der Waals surface area contributed by atoms with Gasteiger partial charge in [-0.15, -0.1) is 0 Å². The SMILES string of the molecule is CCCCCC(=O)N1c2ccccc2NC2=C(C(=O)C[C@H](c3ccc(F)cc3)C2)[C@@H]1c1ccc(C#N)cc1. The minimum atomic E-state index is -0.621. The molecule has 38 heavy (non-hydrogen) atoms. The summed E-state index contributed by atoms with van der Waals surface area (Å²) in [6.07, 6.45) is 3.94. The topological polar surface area (TPSA) is 73.2 Å². The first-order valence-electron chi connectivity index (χ1n) is 13.2. The van der Waals surface area contributed by atoms with Crippen molar-refractivity contribution in [2.24, 2.45) is 0 Å². The van der Waals surface area contributed by atoms with E-state index in [0.29, 0.717) is 24.0 Å². The van der Waals surface area contributed by atoms with E-state index in [-0.39, 0.29) is 29.8 Å². The fourth-order valence-corrected chi connectivity index (χ4v) is 5.54. The Morgan fingerprint density at radius 3 is 2.42 bits per heavy atom. The Bertz CT molecular complexity index is 1420. The van der Waals surface area contributed by atoms with Crippen LogP contribution in [0.3, 0.4) is 0 Å². The van der Waals surface area contributed by atoms with Gasteiger partial charge in [-0.3, -0.25) is 14.5 Å². The zero-order chi connectivity index (χ0) is 26.6. The summed E-state index contributed by atoms with van der Waals surface area (Å²) in [6, 6.07) is 22.7. The predicted octanol–water partition coefficient (Wildman–Crippen LogP) is 7.18. The number of nitrogens with one attached hydrogen (secondary N) is 1. The average Bonchev–Trinajstić information content (AvgIpc) is 3.08. The van der Waals surface area contributed by atoms with Gasteiger partial charge in [-0.25, -0.2) is 4.39 Å². The molecule has 1 heterocycles. The molecule has 192 valence electrons. The van der Waals surface area contributed by atoms with E-state index in [1.54, 1.807) is 29.2 Å². The van der Waals surface area contributed by atoms with Crippen molar-refractivity contribution < 1.29 is 14.0 Å². The van der Waals surface area contributed by atoms with Crippen molar-refractivity contribution >= 4 is 23.1 Å². The number of nitrogens with zero attached hydrogens (tertiary/aromatic N) is 2. The number of para-hydroxylation sites is 2. The van der Waals surface area contributed by atoms with Crippen LogP contribution in [0.25, 0.3) is 0 Å². The standard InChI is InChI=1S/C32H30FN3O2/c1-2-3-4-9-30(38)36-28-8-6-5-7-26(28)35-27-18-24(22-14-16-25(33)17-15-22)19-29(37)31(27)32(36)23-12-10-21(20-34)11-13-23/h5-8,10-17,24,32,35H,2-4,9,18-19H2,1H3/t24-,32+/m1/s1. The number of hydrogen-bond donors (Lipinski definition) is 1. The smallest absolute Gasteiger partial charge is 0.227 e. The number of amides is 1. The van der Waals surface area contributed by atoms with Crippen LogP contribution in [0, 0.1) is 17.1 Å². The van der Waals surface area contributed by atoms with Crippen LogP contribution in [-0.2, 0) is 9.59 Å². The van der Waals surface area contributed by atoms with E-state index in [0.717, 1.165) is 47.5 Å². The van der Waals surface area contributed by atoms with Crippen molar-refractivity contribution in [2.75, 3.05) is 10.2 Å². The second-order valence-corrected chi connectivity index (χ2v) is 9.97. The molecule has 2 atom stereocenters. The molecule has 0 unspecified atom stereocenters. The van der Waals surface area contributed by atoms with E-state index in [1.165, 1.54) is 12.1 Å². The van der Waals surface area contributed by atoms with Crippen molar-refractivity contribution in [3.05, 3.63) is 107 Å². The number of carbonyl (C=O) groups excluding carboxylic acids is 2. The van der Waals surface area contributed by atoms with Crippen molar-refractivity contribution in [1.29, 1.82) is 5.26 Å². The number of anilines is 2. The van der Waals surface area contributed by atoms with Gasteiger partial charge in [-0.2, -0.15) is 5.26 Å². The normalized spacial score (nSPS) is 18.7. The van der Waals surface area contributed by atoms with Crippen LogP contribution in [0.5, 0.6) is 0 Å². The van der Waals surface area contributed by atoms with E-state index < -0.39 is 6.04 Å². The quantitative estimate of drug-likeness (QED) is 0.359. The van der Waals surface area contributed by atoms with Crippen LogP contribution in [0.1, 0.15) is 74.1 Å². The summed E-state index contributed by atoms with van der Waals surface area (Å²) in [7, 11) is 0. The zero-order valence-electron chi connectivity index (χ0n) is 21.4. The highest BCUT2D eigenvalue weighted by Gasteiger charge is 2.41. The van der Waals surface area contributed by atoms with Gasteiger partial charge in [0.2, 0.25) is 5.91 Å². The molecular formula is C32H30FN3O2. The third-order valence-corrected chi connectivity index (χ3v) is 7.45. The Balaban J connectivity index is 1.66. The van der Waals surface area contributed by atoms with Crippen molar-refractivity contribution in [3.63, 3.8) is 0 Å². The first-order chi connectivity index (χ1) is 18.5. The molecule has 6 heteroatoms. The minimum Gasteiger partial charge on any atom is -0.357 e. The van der Waals surface area contributed by atoms with E-state index in [4.69, 9.17) is 0 Å². The van der Waals surface area contributed by atoms with E-state index in [2.05, 4.69) is 18.3 Å². The summed E-state index contributed by atoms with van der Waals surface area (Å²) >= 11 is 0. The third-order valence-electron chi connectivity index (χ3n) is 7.45. The van der Waals surface area contributed by atoms with Gasteiger partial charge in [0.1, 0.15) is 5.82 Å². The molecule has 3 aromatic rings. The number of allylic oxidation sites excluding steroid dienone is 1. The van der Waals surface area contributed by atoms with Gasteiger partial charge in [-0.05, 0) is 66.3 Å². The molecule has 1 amide bonds. The Kier molecular flexibility index (Phi) is 7.37. The molecule has 0 fully saturated rings. The summed E-state index contributed by atoms with van der Waals surface area (Å²) in [4.78, 5) is 29.6. The number of benzene rings is 3. The Morgan fingerprint density at radius 2 is 1.71 bits per heavy atom. The summed E-state index contributed by atoms with van der Waals surface area (Å²) < 4.78 is 13.6. The van der Waals surface area contributed by atoms with Gasteiger partial charge >= 0.3 is 0 Å². The molecule has 0 saturated heterocycles. The highest BCUT2D eigenvalue weighted by molar-refractivity contribution is 6.06. The highest BCUT2D eigenvalue weighted by Crippen LogP contribution is 2.47. The monoisotopic (exact) mass is 507 g/mol. The van der Waals surface area contributed by atoms with E-state index in [1.807, 2.05) is 36.4 Å². The lowest BCUT2D eigenvalue weighted by Gasteiger charge is -2.35. The maximum Gasteiger partial charge on any atom is 0.227 e. The number of ketones is 1. The van der Waals surface area contributed by atoms with Crippen LogP contribution in [0.2, 0.25) is 0 Å². The average molecular weight is 508 g/mol. The Labute approximate surface area is 222 Å². The summed E-state index contributed by atoms with van der Waals surface area (Å²) in [6.45, 7) is 2.10. The number of Topliss-reactive ketones (excluding diaryl/α,β-unsaturated/α-hetero) is 1. The summed E-state index contributed by atoms with van der Waals surface area (Å²) in [5.41, 5.74) is 5.06. The lowest BCUT2D eigenvalue weighted by molar-refractivity contribution is -0.119. The van der Waals surface area contributed by atoms with Crippen LogP contribution < -0.4 is 10.2 Å². The molecule has 2 aliphatic rings. The Morgan fingerprint density at radius 1 is 1.00 bits per heavy atom. The first-order valence-corrected chi connectivity index (χ1v) is 13.2. The summed E-state index contributed by atoms with van der Waals surface area (Å²) in [5, 5.41) is 12.9. The number of rotatable bonds is 6. The van der Waals surface area contributed by atoms with Gasteiger partial charge in [0.05, 0.1) is 29.0 Å². The number of carbonyl (C=O) groups is 2. The maximum absolute atomic E-state index is 14.0. The fourth-order valence-electron chi connectivity index (χ4n) is 5.54. The van der Waals surface area contributed by atoms with Crippen molar-refractivity contribution in [2.45, 2.75) is 57.4 Å². The molecule has 0 saturated carbocycles. The maximum atomic E-state index is 14.0. The molecule has 0 aromatic heterocycles. The molecule has 0 spiro atoms. The Hall–Kier alpha value is -4.24. The number of halogens is 1. The van der Waals surface area contributed by atoms with E-state index >= 15 is 0 Å². The van der Waals surface area contributed by atoms with Crippen LogP contribution >= 0.6 is 0 Å². The van der Waals surface area contributed by atoms with E-state index in [9.17, 15) is 19.2 Å². The largest absolute Gasteiger partial charge is 0.357 e. The van der Waals surface area contributed by atoms with Gasteiger partial charge in [0.15, 0.2) is 5.78 Å². The van der Waals surface area contributed by atoms with Crippen LogP contribution in [0.4, 0.5) is 15.8 Å². The van der Waals surface area contributed by atoms with Crippen molar-refractivity contribution in [3.8, 4) is 6.07 Å². The highest BCUT2D eigenvalue weighted by atomic mass is 19.1. The van der Waals surface area contributed by atoms with Crippen LogP contribution in [0.15, 0.2) is 84.1 Å². The molecule has 0 bridgehead atoms. The molecule has 5 nitrogen and oxygen atoms in total. The lowest BCUT2D eigenvalue weighted by Crippen LogP contribution is -2.38. The molecule has 1 aliphatic heterocycles. The predicted molar refractivity (Wildman–Crippen MR) is 146 cm³/mol. The molecule has 1 aliphatic carbocycles. The molecular weight excluding hydrogens is 477 g/mol. The molecule has 5 rings (SSSR count). The fraction of sp³-hybridized carbons (Fsp3) is 0.281. The van der Waals surface area contributed by atoms with Crippen molar-refractivity contribution in [1.82, 2.24) is 0 Å². The second kappa shape index (κ2) is 11.0. The van der Waals surface area contributed by atoms with Gasteiger partial charge in [0, 0.05) is 24.1 Å². The van der Waals surface area contributed by atoms with Gasteiger partial charge in [0.25, 0.3) is 0 Å². The molecule has 3 aromatic carbocycles. The lowest BCUT2D eigenvalue weighted by atomic mass is 9.78. The molecule has 1 N–H and O–H groups in total. The zero-order valence-corrected chi connectivity index (χ0v) is 21.4. The van der Waals surface area contributed by atoms with Gasteiger partial charge in [-0.1, -0.05) is 56.2 Å². The molecule has 0 radical (unpaired) electrons. The number of fused-ring (bicyclic) bond motifs is 1. The summed E-state index contributed by atoms with van der Waals surface area (Å²) in [5.74, 6) is -0.490. The number of nitriles is 1. The third kappa shape index (κ3) is 4.97. The first kappa shape index (κ1) is 25.4. The minimum absolute atomic E-state index is 0.0377. The number of hydrogen-bond acceptors (Lipinski definition) is 4. The van der Waals surface area contributed by atoms with Crippen LogP contribution in [-0.4, -0.2) is 11.7 Å². The second-order valence-electron chi connectivity index (χ2n) is 9.97. The van der Waals surface area contributed by atoms with Gasteiger partial charge < -0.3 is 5.32 Å².